The van der Waals surface area contributed by atoms with Crippen molar-refractivity contribution in [1.82, 2.24) is 9.97 Å². The normalized spacial score (nSPS) is 11.7. The zero-order valence-corrected chi connectivity index (χ0v) is 20.6. The van der Waals surface area contributed by atoms with Crippen molar-refractivity contribution in [2.24, 2.45) is 0 Å². The van der Waals surface area contributed by atoms with Gasteiger partial charge in [-0.25, -0.2) is 9.97 Å². The lowest BCUT2D eigenvalue weighted by atomic mass is 9.92. The van der Waals surface area contributed by atoms with E-state index in [0.29, 0.717) is 0 Å². The van der Waals surface area contributed by atoms with Gasteiger partial charge >= 0.3 is 0 Å². The van der Waals surface area contributed by atoms with E-state index < -0.39 is 0 Å². The fraction of sp³-hybridized carbons (Fsp3) is 0. The van der Waals surface area contributed by atoms with Gasteiger partial charge in [0.2, 0.25) is 0 Å². The van der Waals surface area contributed by atoms with E-state index in [9.17, 15) is 0 Å². The Kier molecular flexibility index (Phi) is 4.55. The molecule has 0 aliphatic carbocycles. The molecule has 0 saturated carbocycles. The Morgan fingerprint density at radius 2 is 1.00 bits per heavy atom. The summed E-state index contributed by atoms with van der Waals surface area (Å²) in [6.45, 7) is 0. The van der Waals surface area contributed by atoms with Crippen LogP contribution in [0.25, 0.3) is 76.6 Å². The van der Waals surface area contributed by atoms with E-state index in [0.717, 1.165) is 33.5 Å². The highest BCUT2D eigenvalue weighted by atomic mass is 14.9. The summed E-state index contributed by atoms with van der Waals surface area (Å²) in [5, 5.41) is 11.0. The number of rotatable bonds is 2. The van der Waals surface area contributed by atoms with Crippen molar-refractivity contribution < 1.29 is 0 Å². The van der Waals surface area contributed by atoms with Crippen molar-refractivity contribution in [3.05, 3.63) is 133 Å². The first-order chi connectivity index (χ1) is 18.8. The molecule has 38 heavy (non-hydrogen) atoms. The Morgan fingerprint density at radius 1 is 0.368 bits per heavy atom. The number of aromatic nitrogens is 2. The lowest BCUT2D eigenvalue weighted by Gasteiger charge is -2.14. The van der Waals surface area contributed by atoms with Gasteiger partial charge in [0, 0.05) is 21.9 Å². The van der Waals surface area contributed by atoms with Gasteiger partial charge in [0.1, 0.15) is 0 Å². The van der Waals surface area contributed by atoms with Gasteiger partial charge in [-0.2, -0.15) is 0 Å². The second-order valence-corrected chi connectivity index (χ2v) is 9.79. The highest BCUT2D eigenvalue weighted by Crippen LogP contribution is 2.39. The molecule has 8 rings (SSSR count). The first kappa shape index (κ1) is 21.0. The summed E-state index contributed by atoms with van der Waals surface area (Å²) in [6, 6.07) is 47.3. The predicted molar refractivity (Wildman–Crippen MR) is 160 cm³/mol. The van der Waals surface area contributed by atoms with Crippen LogP contribution < -0.4 is 0 Å². The van der Waals surface area contributed by atoms with Crippen LogP contribution in [0.15, 0.2) is 133 Å². The summed E-state index contributed by atoms with van der Waals surface area (Å²) in [6.07, 6.45) is 0. The molecule has 2 nitrogen and oxygen atoms in total. The predicted octanol–water partition coefficient (Wildman–Crippen LogP) is 9.58. The van der Waals surface area contributed by atoms with Crippen LogP contribution in [-0.4, -0.2) is 9.97 Å². The maximum atomic E-state index is 5.19. The van der Waals surface area contributed by atoms with Gasteiger partial charge in [-0.05, 0) is 43.8 Å². The molecule has 0 atom stereocenters. The van der Waals surface area contributed by atoms with Crippen LogP contribution in [0.1, 0.15) is 0 Å². The third-order valence-corrected chi connectivity index (χ3v) is 7.65. The number of nitrogens with zero attached hydrogens (tertiary/aromatic N) is 2. The van der Waals surface area contributed by atoms with E-state index in [1.807, 2.05) is 12.1 Å². The molecule has 0 aliphatic heterocycles. The molecule has 7 aromatic carbocycles. The van der Waals surface area contributed by atoms with Crippen molar-refractivity contribution in [3.8, 4) is 22.6 Å². The number of fused-ring (bicyclic) bond motifs is 8. The maximum Gasteiger partial charge on any atom is 0.161 e. The van der Waals surface area contributed by atoms with Crippen LogP contribution in [0.3, 0.4) is 0 Å². The van der Waals surface area contributed by atoms with E-state index in [2.05, 4.69) is 121 Å². The minimum Gasteiger partial charge on any atom is -0.228 e. The molecule has 1 heterocycles. The fourth-order valence-corrected chi connectivity index (χ4v) is 5.89. The lowest BCUT2D eigenvalue weighted by Crippen LogP contribution is -1.96. The van der Waals surface area contributed by atoms with Gasteiger partial charge in [-0.3, -0.25) is 0 Å². The molecule has 0 amide bonds. The summed E-state index contributed by atoms with van der Waals surface area (Å²) in [5.41, 5.74) is 4.05. The average molecular weight is 483 g/mol. The van der Waals surface area contributed by atoms with Gasteiger partial charge < -0.3 is 0 Å². The zero-order valence-electron chi connectivity index (χ0n) is 20.6. The Balaban J connectivity index is 1.46. The second kappa shape index (κ2) is 8.22. The molecule has 0 fully saturated rings. The molecule has 0 aliphatic rings. The van der Waals surface area contributed by atoms with Crippen LogP contribution in [0.5, 0.6) is 0 Å². The highest BCUT2D eigenvalue weighted by Gasteiger charge is 2.15. The van der Waals surface area contributed by atoms with Crippen LogP contribution >= 0.6 is 0 Å². The number of hydrogen-bond acceptors (Lipinski definition) is 2. The maximum absolute atomic E-state index is 5.19. The molecule has 0 unspecified atom stereocenters. The summed E-state index contributed by atoms with van der Waals surface area (Å²) in [4.78, 5) is 10.3. The summed E-state index contributed by atoms with van der Waals surface area (Å²) in [5.74, 6) is 0.749. The summed E-state index contributed by atoms with van der Waals surface area (Å²) in [7, 11) is 0. The quantitative estimate of drug-likeness (QED) is 0.229. The van der Waals surface area contributed by atoms with Gasteiger partial charge in [0.05, 0.1) is 11.2 Å². The molecular weight excluding hydrogens is 460 g/mol. The van der Waals surface area contributed by atoms with Crippen molar-refractivity contribution in [3.63, 3.8) is 0 Å². The third kappa shape index (κ3) is 3.14. The SMILES string of the molecule is c1ccc(-c2nc(-c3cccc4ccc5c6ccc7ccccc7c6ccc5c34)nc3ccccc23)cc1. The molecule has 176 valence electrons. The standard InChI is InChI=1S/C36H22N2/c1-2-10-25(11-3-1)35-31-14-6-7-16-33(31)37-36(38-35)32-15-8-12-24-18-20-29-28-19-17-23-9-4-5-13-26(23)27(28)21-22-30(29)34(24)32/h1-22H. The van der Waals surface area contributed by atoms with Crippen LogP contribution in [0, 0.1) is 0 Å². The Labute approximate surface area is 219 Å². The first-order valence-corrected chi connectivity index (χ1v) is 12.9. The molecule has 0 spiro atoms. The molecule has 1 aromatic heterocycles. The lowest BCUT2D eigenvalue weighted by molar-refractivity contribution is 1.23. The Hall–Kier alpha value is -5.08. The first-order valence-electron chi connectivity index (χ1n) is 12.9. The number of benzene rings is 7. The molecule has 0 N–H and O–H groups in total. The molecule has 0 radical (unpaired) electrons. The highest BCUT2D eigenvalue weighted by molar-refractivity contribution is 6.24. The molecule has 0 saturated heterocycles. The summed E-state index contributed by atoms with van der Waals surface area (Å²) < 4.78 is 0. The number of para-hydroxylation sites is 1. The molecular formula is C36H22N2. The molecule has 0 bridgehead atoms. The van der Waals surface area contributed by atoms with Crippen LogP contribution in [0.2, 0.25) is 0 Å². The minimum absolute atomic E-state index is 0.749. The van der Waals surface area contributed by atoms with Gasteiger partial charge in [-0.1, -0.05) is 127 Å². The van der Waals surface area contributed by atoms with Crippen molar-refractivity contribution >= 4 is 54.0 Å². The largest absolute Gasteiger partial charge is 0.228 e. The van der Waals surface area contributed by atoms with Gasteiger partial charge in [0.25, 0.3) is 0 Å². The van der Waals surface area contributed by atoms with Crippen LogP contribution in [-0.2, 0) is 0 Å². The smallest absolute Gasteiger partial charge is 0.161 e. The second-order valence-electron chi connectivity index (χ2n) is 9.79. The van der Waals surface area contributed by atoms with E-state index in [1.165, 1.54) is 43.1 Å². The monoisotopic (exact) mass is 482 g/mol. The third-order valence-electron chi connectivity index (χ3n) is 7.65. The van der Waals surface area contributed by atoms with Gasteiger partial charge in [0.15, 0.2) is 5.82 Å². The molecule has 8 aromatic rings. The number of hydrogen-bond donors (Lipinski definition) is 0. The summed E-state index contributed by atoms with van der Waals surface area (Å²) >= 11 is 0. The van der Waals surface area contributed by atoms with E-state index in [4.69, 9.17) is 9.97 Å². The Morgan fingerprint density at radius 3 is 1.89 bits per heavy atom. The fourth-order valence-electron chi connectivity index (χ4n) is 5.89. The van der Waals surface area contributed by atoms with Crippen LogP contribution in [0.4, 0.5) is 0 Å². The molecule has 2 heteroatoms. The Bertz CT molecular complexity index is 2180. The average Bonchev–Trinajstić information content (AvgIpc) is 3.00. The zero-order chi connectivity index (χ0) is 25.1. The topological polar surface area (TPSA) is 25.8 Å². The van der Waals surface area contributed by atoms with Crippen molar-refractivity contribution in [2.45, 2.75) is 0 Å². The minimum atomic E-state index is 0.749. The van der Waals surface area contributed by atoms with Crippen molar-refractivity contribution in [1.29, 1.82) is 0 Å². The van der Waals surface area contributed by atoms with E-state index in [-0.39, 0.29) is 0 Å². The van der Waals surface area contributed by atoms with E-state index in [1.54, 1.807) is 0 Å². The van der Waals surface area contributed by atoms with Gasteiger partial charge in [-0.15, -0.1) is 0 Å². The van der Waals surface area contributed by atoms with Crippen molar-refractivity contribution in [2.75, 3.05) is 0 Å². The van der Waals surface area contributed by atoms with E-state index >= 15 is 0 Å².